The maximum absolute atomic E-state index is 13.4. The Balaban J connectivity index is 1.64. The molecule has 0 fully saturated rings. The summed E-state index contributed by atoms with van der Waals surface area (Å²) in [6, 6.07) is 4.29. The van der Waals surface area contributed by atoms with Gasteiger partial charge in [-0.3, -0.25) is 0 Å². The summed E-state index contributed by atoms with van der Waals surface area (Å²) in [6.07, 6.45) is 1.69. The highest BCUT2D eigenvalue weighted by Gasteiger charge is 2.29. The standard InChI is InChI=1S/C14H17FN6O4S/c1-26(23,24)17-5-4-16-13-12(20-25-21-13)14(19-22)18-11-6-8-2-3-9(15)7-10(8)11/h2-3,7,11,17,22H,4-6H2,1H3,(H,16,21)(H,18,19). The fourth-order valence-corrected chi connectivity index (χ4v) is 3.06. The van der Waals surface area contributed by atoms with E-state index in [9.17, 15) is 18.0 Å². The second-order valence-electron chi connectivity index (χ2n) is 5.75. The minimum atomic E-state index is -3.30. The molecule has 1 aliphatic rings. The zero-order chi connectivity index (χ0) is 18.7. The average molecular weight is 384 g/mol. The molecule has 1 atom stereocenters. The second-order valence-corrected chi connectivity index (χ2v) is 7.58. The van der Waals surface area contributed by atoms with Crippen LogP contribution in [0.1, 0.15) is 22.9 Å². The zero-order valence-electron chi connectivity index (χ0n) is 13.7. The van der Waals surface area contributed by atoms with Crippen molar-refractivity contribution >= 4 is 21.7 Å². The number of aromatic nitrogens is 2. The number of sulfonamides is 1. The molecule has 1 heterocycles. The Hall–Kier alpha value is -2.73. The van der Waals surface area contributed by atoms with Gasteiger partial charge in [-0.15, -0.1) is 0 Å². The van der Waals surface area contributed by atoms with Gasteiger partial charge in [0, 0.05) is 13.1 Å². The lowest BCUT2D eigenvalue weighted by atomic mass is 9.83. The molecule has 0 radical (unpaired) electrons. The van der Waals surface area contributed by atoms with Crippen LogP contribution in [0.2, 0.25) is 0 Å². The third-order valence-corrected chi connectivity index (χ3v) is 4.54. The monoisotopic (exact) mass is 384 g/mol. The van der Waals surface area contributed by atoms with E-state index in [1.54, 1.807) is 6.07 Å². The van der Waals surface area contributed by atoms with Crippen molar-refractivity contribution in [1.82, 2.24) is 20.4 Å². The first-order valence-electron chi connectivity index (χ1n) is 7.65. The van der Waals surface area contributed by atoms with Crippen molar-refractivity contribution < 1.29 is 22.6 Å². The lowest BCUT2D eigenvalue weighted by Crippen LogP contribution is -2.37. The molecule has 0 saturated carbocycles. The van der Waals surface area contributed by atoms with Crippen LogP contribution in [-0.4, -0.2) is 49.1 Å². The molecule has 12 heteroatoms. The number of nitrogens with zero attached hydrogens (tertiary/aromatic N) is 3. The van der Waals surface area contributed by atoms with Gasteiger partial charge in [0.2, 0.25) is 15.8 Å². The Labute approximate surface area is 148 Å². The number of rotatable bonds is 7. The number of oxime groups is 1. The Morgan fingerprint density at radius 3 is 2.96 bits per heavy atom. The Morgan fingerprint density at radius 2 is 2.23 bits per heavy atom. The molecule has 3 rings (SSSR count). The number of halogens is 1. The Kier molecular flexibility index (Phi) is 5.04. The predicted octanol–water partition coefficient (Wildman–Crippen LogP) is 0.193. The normalized spacial score (nSPS) is 16.7. The predicted molar refractivity (Wildman–Crippen MR) is 89.9 cm³/mol. The molecule has 0 bridgehead atoms. The average Bonchev–Trinajstić information content (AvgIpc) is 3.02. The summed E-state index contributed by atoms with van der Waals surface area (Å²) in [7, 11) is -3.30. The summed E-state index contributed by atoms with van der Waals surface area (Å²) >= 11 is 0. The highest BCUT2D eigenvalue weighted by Crippen LogP contribution is 2.33. The van der Waals surface area contributed by atoms with Crippen LogP contribution in [0.4, 0.5) is 10.2 Å². The van der Waals surface area contributed by atoms with Crippen molar-refractivity contribution in [3.63, 3.8) is 0 Å². The van der Waals surface area contributed by atoms with Gasteiger partial charge in [0.25, 0.3) is 0 Å². The quantitative estimate of drug-likeness (QED) is 0.174. The molecule has 2 aromatic rings. The minimum Gasteiger partial charge on any atom is -0.409 e. The maximum atomic E-state index is 13.4. The van der Waals surface area contributed by atoms with Gasteiger partial charge in [-0.1, -0.05) is 11.2 Å². The van der Waals surface area contributed by atoms with Crippen molar-refractivity contribution in [3.8, 4) is 0 Å². The van der Waals surface area contributed by atoms with E-state index in [0.717, 1.165) is 17.4 Å². The number of benzene rings is 1. The van der Waals surface area contributed by atoms with E-state index in [2.05, 4.69) is 35.5 Å². The molecule has 0 amide bonds. The van der Waals surface area contributed by atoms with E-state index in [-0.39, 0.29) is 42.3 Å². The summed E-state index contributed by atoms with van der Waals surface area (Å²) in [5, 5.41) is 25.6. The number of amidine groups is 1. The van der Waals surface area contributed by atoms with Gasteiger partial charge in [0.05, 0.1) is 12.3 Å². The number of hydrogen-bond donors (Lipinski definition) is 4. The lowest BCUT2D eigenvalue weighted by Gasteiger charge is -2.31. The summed E-state index contributed by atoms with van der Waals surface area (Å²) < 4.78 is 42.4. The molecule has 1 unspecified atom stereocenters. The first kappa shape index (κ1) is 18.1. The third kappa shape index (κ3) is 4.08. The largest absolute Gasteiger partial charge is 0.409 e. The van der Waals surface area contributed by atoms with E-state index in [1.165, 1.54) is 12.1 Å². The minimum absolute atomic E-state index is 0.00438. The van der Waals surface area contributed by atoms with Gasteiger partial charge in [-0.25, -0.2) is 22.2 Å². The van der Waals surface area contributed by atoms with E-state index >= 15 is 0 Å². The van der Waals surface area contributed by atoms with Gasteiger partial charge >= 0.3 is 0 Å². The van der Waals surface area contributed by atoms with E-state index in [4.69, 9.17) is 0 Å². The Bertz CT molecular complexity index is 929. The second kappa shape index (κ2) is 7.25. The molecule has 0 saturated heterocycles. The maximum Gasteiger partial charge on any atom is 0.208 e. The number of nitrogens with one attached hydrogen (secondary N) is 3. The van der Waals surface area contributed by atoms with Crippen molar-refractivity contribution in [2.45, 2.75) is 12.5 Å². The van der Waals surface area contributed by atoms with Crippen LogP contribution < -0.4 is 15.4 Å². The van der Waals surface area contributed by atoms with Gasteiger partial charge in [0.15, 0.2) is 11.5 Å². The molecular weight excluding hydrogens is 367 g/mol. The van der Waals surface area contributed by atoms with Crippen LogP contribution in [-0.2, 0) is 16.4 Å². The fraction of sp³-hybridized carbons (Fsp3) is 0.357. The molecule has 0 aliphatic heterocycles. The van der Waals surface area contributed by atoms with Crippen molar-refractivity contribution in [2.75, 3.05) is 24.7 Å². The third-order valence-electron chi connectivity index (χ3n) is 3.81. The SMILES string of the molecule is CS(=O)(=O)NCCNc1nonc1/C(=N\O)NC1Cc2ccc(F)cc21. The van der Waals surface area contributed by atoms with Crippen LogP contribution in [0.15, 0.2) is 28.0 Å². The van der Waals surface area contributed by atoms with E-state index in [0.29, 0.717) is 6.42 Å². The molecule has 4 N–H and O–H groups in total. The first-order chi connectivity index (χ1) is 12.4. The number of hydrogen-bond acceptors (Lipinski definition) is 8. The zero-order valence-corrected chi connectivity index (χ0v) is 14.5. The molecule has 1 aliphatic carbocycles. The highest BCUT2D eigenvalue weighted by molar-refractivity contribution is 7.88. The van der Waals surface area contributed by atoms with Gasteiger partial charge in [-0.2, -0.15) is 0 Å². The van der Waals surface area contributed by atoms with Crippen molar-refractivity contribution in [1.29, 1.82) is 0 Å². The summed E-state index contributed by atoms with van der Waals surface area (Å²) in [6.45, 7) is 0.337. The number of fused-ring (bicyclic) bond motifs is 1. The fourth-order valence-electron chi connectivity index (χ4n) is 2.59. The molecule has 10 nitrogen and oxygen atoms in total. The molecule has 26 heavy (non-hydrogen) atoms. The van der Waals surface area contributed by atoms with Crippen molar-refractivity contribution in [3.05, 3.63) is 40.8 Å². The molecule has 1 aromatic carbocycles. The summed E-state index contributed by atoms with van der Waals surface area (Å²) in [5.74, 6) is -0.161. The first-order valence-corrected chi connectivity index (χ1v) is 9.55. The molecular formula is C14H17FN6O4S. The van der Waals surface area contributed by atoms with Crippen LogP contribution in [0, 0.1) is 5.82 Å². The lowest BCUT2D eigenvalue weighted by molar-refractivity contribution is 0.303. The summed E-state index contributed by atoms with van der Waals surface area (Å²) in [5.41, 5.74) is 1.90. The van der Waals surface area contributed by atoms with Crippen LogP contribution in [0.25, 0.3) is 0 Å². The van der Waals surface area contributed by atoms with E-state index in [1.807, 2.05) is 0 Å². The van der Waals surface area contributed by atoms with Crippen LogP contribution in [0.3, 0.4) is 0 Å². The topological polar surface area (TPSA) is 142 Å². The van der Waals surface area contributed by atoms with Gasteiger partial charge in [0.1, 0.15) is 5.82 Å². The van der Waals surface area contributed by atoms with Crippen LogP contribution in [0.5, 0.6) is 0 Å². The van der Waals surface area contributed by atoms with Crippen LogP contribution >= 0.6 is 0 Å². The Morgan fingerprint density at radius 1 is 1.42 bits per heavy atom. The van der Waals surface area contributed by atoms with E-state index < -0.39 is 10.0 Å². The number of anilines is 1. The van der Waals surface area contributed by atoms with Crippen molar-refractivity contribution in [2.24, 2.45) is 5.16 Å². The molecule has 140 valence electrons. The van der Waals surface area contributed by atoms with Gasteiger partial charge < -0.3 is 15.8 Å². The molecule has 1 aromatic heterocycles. The molecule has 0 spiro atoms. The smallest absolute Gasteiger partial charge is 0.208 e. The summed E-state index contributed by atoms with van der Waals surface area (Å²) in [4.78, 5) is 0. The highest BCUT2D eigenvalue weighted by atomic mass is 32.2. The van der Waals surface area contributed by atoms with Gasteiger partial charge in [-0.05, 0) is 40.0 Å².